The molecule has 0 amide bonds. The molecule has 2 saturated heterocycles. The van der Waals surface area contributed by atoms with Crippen LogP contribution in [0.2, 0.25) is 0 Å². The van der Waals surface area contributed by atoms with Crippen LogP contribution in [0.3, 0.4) is 0 Å². The molecule has 250 valence electrons. The molecule has 2 aliphatic heterocycles. The topological polar surface area (TPSA) is 186 Å². The number of fused-ring (bicyclic) bond motifs is 3. The van der Waals surface area contributed by atoms with Crippen molar-refractivity contribution in [3.63, 3.8) is 0 Å². The third-order valence-electron chi connectivity index (χ3n) is 9.25. The predicted octanol–water partition coefficient (Wildman–Crippen LogP) is 2.68. The van der Waals surface area contributed by atoms with Gasteiger partial charge in [-0.1, -0.05) is 19.1 Å². The van der Waals surface area contributed by atoms with E-state index >= 15 is 0 Å². The maximum absolute atomic E-state index is 13.6. The SMILES string of the molecule is CC[C@@]1(O)C[C@H](OC2CC(N3CCOCC3)C(O)C(C)O2)c2c(O)c3c(c(O)c2[C@H]1O)C(=O)c1cccc(O)c1C3=O.Cl.Cl.Cl. The molecule has 0 spiro atoms. The molecule has 2 aromatic rings. The fraction of sp³-hybridized carbons (Fsp3) is 0.533. The molecular weight excluding hydrogens is 657 g/mol. The van der Waals surface area contributed by atoms with Gasteiger partial charge in [-0.25, -0.2) is 0 Å². The highest BCUT2D eigenvalue weighted by atomic mass is 35.5. The van der Waals surface area contributed by atoms with Gasteiger partial charge in [0.05, 0.1) is 53.8 Å². The van der Waals surface area contributed by atoms with Crippen molar-refractivity contribution in [3.05, 3.63) is 51.6 Å². The van der Waals surface area contributed by atoms with Gasteiger partial charge in [-0.3, -0.25) is 14.5 Å². The second-order valence-electron chi connectivity index (χ2n) is 11.5. The van der Waals surface area contributed by atoms with Crippen molar-refractivity contribution < 1.29 is 54.4 Å². The van der Waals surface area contributed by atoms with E-state index in [1.54, 1.807) is 13.8 Å². The first kappa shape index (κ1) is 37.2. The summed E-state index contributed by atoms with van der Waals surface area (Å²) >= 11 is 0. The Hall–Kier alpha value is -2.23. The lowest BCUT2D eigenvalue weighted by atomic mass is 9.70. The van der Waals surface area contributed by atoms with Crippen molar-refractivity contribution in [2.45, 2.75) is 75.5 Å². The first-order valence-corrected chi connectivity index (χ1v) is 14.2. The predicted molar refractivity (Wildman–Crippen MR) is 166 cm³/mol. The van der Waals surface area contributed by atoms with E-state index in [4.69, 9.17) is 14.2 Å². The number of aliphatic hydroxyl groups excluding tert-OH is 2. The van der Waals surface area contributed by atoms with Crippen molar-refractivity contribution in [1.82, 2.24) is 4.90 Å². The maximum atomic E-state index is 13.6. The Kier molecular flexibility index (Phi) is 11.5. The molecule has 45 heavy (non-hydrogen) atoms. The van der Waals surface area contributed by atoms with Gasteiger partial charge in [-0.05, 0) is 19.4 Å². The maximum Gasteiger partial charge on any atom is 0.202 e. The normalized spacial score (nSPS) is 31.0. The molecule has 4 unspecified atom stereocenters. The molecule has 2 fully saturated rings. The second-order valence-corrected chi connectivity index (χ2v) is 11.5. The van der Waals surface area contributed by atoms with E-state index in [1.807, 2.05) is 0 Å². The van der Waals surface area contributed by atoms with Crippen LogP contribution in [0.15, 0.2) is 18.2 Å². The van der Waals surface area contributed by atoms with Crippen LogP contribution in [0.4, 0.5) is 0 Å². The minimum absolute atomic E-state index is 0. The summed E-state index contributed by atoms with van der Waals surface area (Å²) in [7, 11) is 0. The third-order valence-corrected chi connectivity index (χ3v) is 9.25. The number of carbonyl (C=O) groups is 2. The van der Waals surface area contributed by atoms with Gasteiger partial charge in [0, 0.05) is 48.7 Å². The van der Waals surface area contributed by atoms with Crippen LogP contribution in [-0.2, 0) is 14.2 Å². The Morgan fingerprint density at radius 1 is 0.956 bits per heavy atom. The van der Waals surface area contributed by atoms with Gasteiger partial charge in [0.2, 0.25) is 5.78 Å². The number of ketones is 2. The highest BCUT2D eigenvalue weighted by Crippen LogP contribution is 2.56. The molecule has 7 atom stereocenters. The van der Waals surface area contributed by atoms with E-state index < -0.39 is 76.2 Å². The van der Waals surface area contributed by atoms with E-state index in [2.05, 4.69) is 4.90 Å². The van der Waals surface area contributed by atoms with Crippen LogP contribution in [0, 0.1) is 0 Å². The summed E-state index contributed by atoms with van der Waals surface area (Å²) in [5.41, 5.74) is -3.80. The molecule has 6 N–H and O–H groups in total. The largest absolute Gasteiger partial charge is 0.507 e. The number of aliphatic hydroxyl groups is 3. The summed E-state index contributed by atoms with van der Waals surface area (Å²) in [5, 5.41) is 67.1. The number of benzene rings is 2. The Morgan fingerprint density at radius 2 is 1.58 bits per heavy atom. The average molecular weight is 695 g/mol. The summed E-state index contributed by atoms with van der Waals surface area (Å²) in [6.45, 7) is 5.61. The van der Waals surface area contributed by atoms with E-state index in [1.165, 1.54) is 18.2 Å². The minimum Gasteiger partial charge on any atom is -0.507 e. The number of morpholine rings is 1. The van der Waals surface area contributed by atoms with E-state index in [9.17, 15) is 40.2 Å². The van der Waals surface area contributed by atoms with Gasteiger partial charge in [0.25, 0.3) is 0 Å². The number of hydrogen-bond acceptors (Lipinski definition) is 12. The minimum atomic E-state index is -1.82. The number of rotatable bonds is 4. The van der Waals surface area contributed by atoms with Crippen molar-refractivity contribution in [2.24, 2.45) is 0 Å². The number of carbonyl (C=O) groups excluding carboxylic acids is 2. The van der Waals surface area contributed by atoms with E-state index in [-0.39, 0.29) is 84.8 Å². The van der Waals surface area contributed by atoms with Gasteiger partial charge >= 0.3 is 0 Å². The molecule has 15 heteroatoms. The highest BCUT2D eigenvalue weighted by Gasteiger charge is 2.52. The Balaban J connectivity index is 0.00000184. The molecule has 12 nitrogen and oxygen atoms in total. The van der Waals surface area contributed by atoms with Crippen molar-refractivity contribution in [3.8, 4) is 17.2 Å². The molecule has 6 rings (SSSR count). The zero-order valence-electron chi connectivity index (χ0n) is 24.5. The number of nitrogens with zero attached hydrogens (tertiary/aromatic N) is 1. The molecule has 0 radical (unpaired) electrons. The Morgan fingerprint density at radius 3 is 2.22 bits per heavy atom. The molecular formula is C30H38Cl3NO11. The smallest absolute Gasteiger partial charge is 0.202 e. The lowest BCUT2D eigenvalue weighted by Crippen LogP contribution is -2.58. The van der Waals surface area contributed by atoms with Crippen molar-refractivity contribution in [2.75, 3.05) is 26.3 Å². The van der Waals surface area contributed by atoms with Crippen LogP contribution >= 0.6 is 37.2 Å². The first-order chi connectivity index (χ1) is 20.0. The number of aromatic hydroxyl groups is 3. The molecule has 4 aliphatic rings. The average Bonchev–Trinajstić information content (AvgIpc) is 2.97. The zero-order chi connectivity index (χ0) is 30.1. The van der Waals surface area contributed by atoms with Gasteiger partial charge in [0.1, 0.15) is 23.4 Å². The third kappa shape index (κ3) is 5.91. The molecule has 0 aromatic heterocycles. The number of phenolic OH excluding ortho intramolecular Hbond substituents is 3. The van der Waals surface area contributed by atoms with Crippen LogP contribution in [0.1, 0.15) is 88.3 Å². The molecule has 0 bridgehead atoms. The molecule has 2 heterocycles. The summed E-state index contributed by atoms with van der Waals surface area (Å²) < 4.78 is 17.8. The van der Waals surface area contributed by atoms with Gasteiger partial charge in [-0.15, -0.1) is 37.2 Å². The number of ether oxygens (including phenoxy) is 3. The second kappa shape index (κ2) is 13.9. The summed E-state index contributed by atoms with van der Waals surface area (Å²) in [5.74, 6) is -3.61. The zero-order valence-corrected chi connectivity index (χ0v) is 27.0. The van der Waals surface area contributed by atoms with Crippen LogP contribution in [0.5, 0.6) is 17.2 Å². The van der Waals surface area contributed by atoms with Crippen molar-refractivity contribution in [1.29, 1.82) is 0 Å². The first-order valence-electron chi connectivity index (χ1n) is 14.2. The van der Waals surface area contributed by atoms with Gasteiger partial charge < -0.3 is 44.8 Å². The summed E-state index contributed by atoms with van der Waals surface area (Å²) in [6, 6.07) is 3.60. The number of hydrogen-bond donors (Lipinski definition) is 6. The van der Waals surface area contributed by atoms with Crippen LogP contribution in [0.25, 0.3) is 0 Å². The standard InChI is InChI=1S/C30H35NO11.3ClH/c1-3-30(39)12-17(42-18-11-15(24(33)13(2)41-18)31-7-9-40-10-8-31)20-23(29(30)38)28(37)21-22(27(20)36)26(35)19-14(25(21)34)5-4-6-16(19)32;;;/h4-6,13,15,17-18,24,29,32-33,36-39H,3,7-12H2,1-2H3;3*1H/t13?,15?,17-,18?,24?,29+,30+;;;/m0.../s1. The van der Waals surface area contributed by atoms with Crippen LogP contribution < -0.4 is 0 Å². The fourth-order valence-corrected chi connectivity index (χ4v) is 6.86. The van der Waals surface area contributed by atoms with Gasteiger partial charge in [0.15, 0.2) is 12.1 Å². The fourth-order valence-electron chi connectivity index (χ4n) is 6.86. The lowest BCUT2D eigenvalue weighted by molar-refractivity contribution is -0.264. The quantitative estimate of drug-likeness (QED) is 0.220. The Labute approximate surface area is 278 Å². The number of halogens is 3. The molecule has 2 aliphatic carbocycles. The molecule has 2 aromatic carbocycles. The van der Waals surface area contributed by atoms with Gasteiger partial charge in [-0.2, -0.15) is 0 Å². The molecule has 0 saturated carbocycles. The lowest BCUT2D eigenvalue weighted by Gasteiger charge is -2.47. The highest BCUT2D eigenvalue weighted by molar-refractivity contribution is 6.31. The number of phenols is 3. The van der Waals surface area contributed by atoms with E-state index in [0.717, 1.165) is 0 Å². The van der Waals surface area contributed by atoms with Crippen LogP contribution in [-0.4, -0.2) is 104 Å². The monoisotopic (exact) mass is 693 g/mol. The van der Waals surface area contributed by atoms with Crippen molar-refractivity contribution >= 4 is 48.8 Å². The summed E-state index contributed by atoms with van der Waals surface area (Å²) in [6.07, 6.45) is -5.23. The summed E-state index contributed by atoms with van der Waals surface area (Å²) in [4.78, 5) is 29.2. The Bertz CT molecular complexity index is 1450. The van der Waals surface area contributed by atoms with E-state index in [0.29, 0.717) is 26.3 Å².